The number of aryl methyl sites for hydroxylation is 1. The van der Waals surface area contributed by atoms with Gasteiger partial charge >= 0.3 is 0 Å². The molecule has 0 unspecified atom stereocenters. The van der Waals surface area contributed by atoms with E-state index in [0.717, 1.165) is 28.2 Å². The minimum Gasteiger partial charge on any atom is -0.348 e. The standard InChI is InChI=1S/C28H25FN4O2/c1-19-3-2-4-20(15-19)16-30-27(34)21-5-7-22(8-6-21)28(35)32-14-13-26-25(17-32)31-18-33(26)24-11-9-23(29)10-12-24/h2-12,15,18H,13-14,16-17H2,1H3,(H,30,34). The van der Waals surface area contributed by atoms with Crippen molar-refractivity contribution >= 4 is 11.8 Å². The molecule has 1 aliphatic rings. The van der Waals surface area contributed by atoms with Gasteiger partial charge in [0.2, 0.25) is 0 Å². The van der Waals surface area contributed by atoms with Crippen LogP contribution in [-0.2, 0) is 19.5 Å². The highest BCUT2D eigenvalue weighted by Gasteiger charge is 2.25. The maximum atomic E-state index is 13.3. The average Bonchev–Trinajstić information content (AvgIpc) is 3.31. The highest BCUT2D eigenvalue weighted by molar-refractivity contribution is 5.97. The van der Waals surface area contributed by atoms with Crippen molar-refractivity contribution in [3.8, 4) is 5.69 Å². The van der Waals surface area contributed by atoms with E-state index in [-0.39, 0.29) is 17.6 Å². The van der Waals surface area contributed by atoms with Crippen molar-refractivity contribution in [2.75, 3.05) is 6.54 Å². The molecule has 2 heterocycles. The molecule has 0 fully saturated rings. The Kier molecular flexibility index (Phi) is 6.14. The van der Waals surface area contributed by atoms with E-state index in [2.05, 4.69) is 10.3 Å². The lowest BCUT2D eigenvalue weighted by Crippen LogP contribution is -2.36. The maximum absolute atomic E-state index is 13.3. The second-order valence-corrected chi connectivity index (χ2v) is 8.71. The van der Waals surface area contributed by atoms with Crippen molar-refractivity contribution in [2.45, 2.75) is 26.4 Å². The van der Waals surface area contributed by atoms with Crippen LogP contribution in [0.3, 0.4) is 0 Å². The van der Waals surface area contributed by atoms with Crippen LogP contribution in [0.4, 0.5) is 4.39 Å². The van der Waals surface area contributed by atoms with Gasteiger partial charge in [-0.15, -0.1) is 0 Å². The van der Waals surface area contributed by atoms with Crippen LogP contribution in [0.2, 0.25) is 0 Å². The first-order valence-electron chi connectivity index (χ1n) is 11.5. The summed E-state index contributed by atoms with van der Waals surface area (Å²) in [6.07, 6.45) is 2.37. The molecular formula is C28H25FN4O2. The number of amides is 2. The number of benzene rings is 3. The molecule has 0 atom stereocenters. The number of nitrogens with one attached hydrogen (secondary N) is 1. The first kappa shape index (κ1) is 22.5. The largest absolute Gasteiger partial charge is 0.348 e. The molecule has 1 aliphatic heterocycles. The van der Waals surface area contributed by atoms with Crippen LogP contribution in [0, 0.1) is 12.7 Å². The van der Waals surface area contributed by atoms with Crippen LogP contribution in [0.25, 0.3) is 5.69 Å². The summed E-state index contributed by atoms with van der Waals surface area (Å²) in [7, 11) is 0. The zero-order chi connectivity index (χ0) is 24.4. The lowest BCUT2D eigenvalue weighted by atomic mass is 10.1. The summed E-state index contributed by atoms with van der Waals surface area (Å²) in [5.74, 6) is -0.563. The Balaban J connectivity index is 1.23. The molecule has 5 rings (SSSR count). The van der Waals surface area contributed by atoms with Gasteiger partial charge in [0.05, 0.1) is 18.6 Å². The second-order valence-electron chi connectivity index (χ2n) is 8.71. The zero-order valence-electron chi connectivity index (χ0n) is 19.4. The average molecular weight is 469 g/mol. The third-order valence-corrected chi connectivity index (χ3v) is 6.23. The predicted octanol–water partition coefficient (Wildman–Crippen LogP) is 4.45. The van der Waals surface area contributed by atoms with Crippen molar-refractivity contribution in [3.63, 3.8) is 0 Å². The van der Waals surface area contributed by atoms with E-state index in [1.807, 2.05) is 35.8 Å². The number of carbonyl (C=O) groups is 2. The van der Waals surface area contributed by atoms with Crippen LogP contribution in [0.5, 0.6) is 0 Å². The normalized spacial score (nSPS) is 12.8. The molecule has 6 nitrogen and oxygen atoms in total. The van der Waals surface area contributed by atoms with Crippen molar-refractivity contribution in [1.82, 2.24) is 19.8 Å². The summed E-state index contributed by atoms with van der Waals surface area (Å²) < 4.78 is 15.2. The SMILES string of the molecule is Cc1cccc(CNC(=O)c2ccc(C(=O)N3CCc4c(ncn4-c4ccc(F)cc4)C3)cc2)c1. The Bertz CT molecular complexity index is 1380. The van der Waals surface area contributed by atoms with Gasteiger partial charge in [0.25, 0.3) is 11.8 Å². The summed E-state index contributed by atoms with van der Waals surface area (Å²) in [4.78, 5) is 31.9. The maximum Gasteiger partial charge on any atom is 0.254 e. The molecule has 0 aliphatic carbocycles. The number of fused-ring (bicyclic) bond motifs is 1. The molecule has 3 aromatic carbocycles. The van der Waals surface area contributed by atoms with Gasteiger partial charge in [0, 0.05) is 42.0 Å². The first-order valence-corrected chi connectivity index (χ1v) is 11.5. The number of imidazole rings is 1. The molecular weight excluding hydrogens is 443 g/mol. The van der Waals surface area contributed by atoms with Crippen molar-refractivity contribution in [3.05, 3.63) is 119 Å². The number of rotatable bonds is 5. The molecule has 0 radical (unpaired) electrons. The molecule has 1 aromatic heterocycles. The van der Waals surface area contributed by atoms with E-state index in [1.165, 1.54) is 12.1 Å². The van der Waals surface area contributed by atoms with Gasteiger partial charge in [0.15, 0.2) is 0 Å². The fourth-order valence-corrected chi connectivity index (χ4v) is 4.36. The van der Waals surface area contributed by atoms with Crippen LogP contribution in [-0.4, -0.2) is 32.8 Å². The van der Waals surface area contributed by atoms with Crippen LogP contribution in [0.15, 0.2) is 79.1 Å². The minimum atomic E-state index is -0.283. The van der Waals surface area contributed by atoms with Gasteiger partial charge in [-0.25, -0.2) is 9.37 Å². The number of aromatic nitrogens is 2. The predicted molar refractivity (Wildman–Crippen MR) is 131 cm³/mol. The summed E-state index contributed by atoms with van der Waals surface area (Å²) in [5, 5.41) is 2.92. The monoisotopic (exact) mass is 468 g/mol. The summed E-state index contributed by atoms with van der Waals surface area (Å²) in [6, 6.07) is 21.0. The van der Waals surface area contributed by atoms with Crippen molar-refractivity contribution in [2.24, 2.45) is 0 Å². The van der Waals surface area contributed by atoms with E-state index in [1.54, 1.807) is 47.6 Å². The zero-order valence-corrected chi connectivity index (χ0v) is 19.4. The lowest BCUT2D eigenvalue weighted by molar-refractivity contribution is 0.0731. The molecule has 35 heavy (non-hydrogen) atoms. The quantitative estimate of drug-likeness (QED) is 0.471. The number of halogens is 1. The van der Waals surface area contributed by atoms with Crippen LogP contribution in [0.1, 0.15) is 43.2 Å². The fourth-order valence-electron chi connectivity index (χ4n) is 4.36. The number of hydrogen-bond acceptors (Lipinski definition) is 3. The van der Waals surface area contributed by atoms with Gasteiger partial charge in [0.1, 0.15) is 5.82 Å². The lowest BCUT2D eigenvalue weighted by Gasteiger charge is -2.27. The van der Waals surface area contributed by atoms with E-state index < -0.39 is 0 Å². The Morgan fingerprint density at radius 1 is 1.00 bits per heavy atom. The van der Waals surface area contributed by atoms with Gasteiger partial charge < -0.3 is 14.8 Å². The van der Waals surface area contributed by atoms with Crippen LogP contribution >= 0.6 is 0 Å². The van der Waals surface area contributed by atoms with E-state index >= 15 is 0 Å². The molecule has 1 N–H and O–H groups in total. The first-order chi connectivity index (χ1) is 17.0. The van der Waals surface area contributed by atoms with Gasteiger partial charge in [-0.1, -0.05) is 29.8 Å². The molecule has 0 bridgehead atoms. The Morgan fingerprint density at radius 3 is 2.49 bits per heavy atom. The van der Waals surface area contributed by atoms with Crippen molar-refractivity contribution in [1.29, 1.82) is 0 Å². The number of nitrogens with zero attached hydrogens (tertiary/aromatic N) is 3. The summed E-state index contributed by atoms with van der Waals surface area (Å²) in [5.41, 5.74) is 5.93. The highest BCUT2D eigenvalue weighted by atomic mass is 19.1. The Hall–Kier alpha value is -4.26. The molecule has 0 saturated carbocycles. The van der Waals surface area contributed by atoms with E-state index in [9.17, 15) is 14.0 Å². The topological polar surface area (TPSA) is 67.2 Å². The summed E-state index contributed by atoms with van der Waals surface area (Å²) in [6.45, 7) is 3.42. The Morgan fingerprint density at radius 2 is 1.74 bits per heavy atom. The van der Waals surface area contributed by atoms with Gasteiger partial charge in [-0.2, -0.15) is 0 Å². The molecule has 0 spiro atoms. The van der Waals surface area contributed by atoms with Crippen molar-refractivity contribution < 1.29 is 14.0 Å². The molecule has 7 heteroatoms. The van der Waals surface area contributed by atoms with E-state index in [0.29, 0.717) is 37.2 Å². The summed E-state index contributed by atoms with van der Waals surface area (Å²) >= 11 is 0. The second kappa shape index (κ2) is 9.54. The Labute approximate surface area is 203 Å². The number of carbonyl (C=O) groups excluding carboxylic acids is 2. The molecule has 0 saturated heterocycles. The number of hydrogen-bond donors (Lipinski definition) is 1. The van der Waals surface area contributed by atoms with Gasteiger partial charge in [-0.3, -0.25) is 9.59 Å². The minimum absolute atomic E-state index is 0.0984. The third-order valence-electron chi connectivity index (χ3n) is 6.23. The highest BCUT2D eigenvalue weighted by Crippen LogP contribution is 2.23. The van der Waals surface area contributed by atoms with E-state index in [4.69, 9.17) is 0 Å². The van der Waals surface area contributed by atoms with Gasteiger partial charge in [-0.05, 0) is 61.0 Å². The third kappa shape index (κ3) is 4.84. The molecule has 4 aromatic rings. The molecule has 2 amide bonds. The molecule has 176 valence electrons. The smallest absolute Gasteiger partial charge is 0.254 e. The fraction of sp³-hybridized carbons (Fsp3) is 0.179. The van der Waals surface area contributed by atoms with Crippen LogP contribution < -0.4 is 5.32 Å².